The van der Waals surface area contributed by atoms with Crippen LogP contribution in [-0.4, -0.2) is 10.9 Å². The van der Waals surface area contributed by atoms with Crippen LogP contribution in [0.1, 0.15) is 9.67 Å². The van der Waals surface area contributed by atoms with Crippen molar-refractivity contribution in [3.05, 3.63) is 55.3 Å². The van der Waals surface area contributed by atoms with E-state index < -0.39 is 0 Å². The Morgan fingerprint density at radius 2 is 1.76 bits per heavy atom. The molecule has 0 atom stereocenters. The van der Waals surface area contributed by atoms with Gasteiger partial charge in [0, 0.05) is 15.1 Å². The van der Waals surface area contributed by atoms with E-state index in [2.05, 4.69) is 10.3 Å². The predicted octanol–water partition coefficient (Wildman–Crippen LogP) is 7.38. The molecule has 25 heavy (non-hydrogen) atoms. The fourth-order valence-electron chi connectivity index (χ4n) is 2.33. The van der Waals surface area contributed by atoms with Crippen LogP contribution in [0.3, 0.4) is 0 Å². The highest BCUT2D eigenvalue weighted by Crippen LogP contribution is 2.38. The number of halogens is 4. The van der Waals surface area contributed by atoms with E-state index in [9.17, 15) is 4.79 Å². The zero-order chi connectivity index (χ0) is 17.7. The van der Waals surface area contributed by atoms with Gasteiger partial charge in [0.25, 0.3) is 5.91 Å². The number of carbonyl (C=O) groups is 1. The number of fused-ring (bicyclic) bond motifs is 2. The van der Waals surface area contributed by atoms with Gasteiger partial charge in [-0.15, -0.1) is 11.3 Å². The van der Waals surface area contributed by atoms with Crippen molar-refractivity contribution >= 4 is 100 Å². The fraction of sp³-hybridized carbons (Fsp3) is 0. The van der Waals surface area contributed by atoms with Gasteiger partial charge in [0.05, 0.1) is 19.8 Å². The third-order valence-corrected chi connectivity index (χ3v) is 7.09. The summed E-state index contributed by atoms with van der Waals surface area (Å²) >= 11 is 27.1. The van der Waals surface area contributed by atoms with Crippen molar-refractivity contribution in [2.24, 2.45) is 0 Å². The van der Waals surface area contributed by atoms with Gasteiger partial charge in [0.15, 0.2) is 5.13 Å². The van der Waals surface area contributed by atoms with E-state index in [1.807, 2.05) is 6.07 Å². The molecule has 0 saturated carbocycles. The Morgan fingerprint density at radius 3 is 2.56 bits per heavy atom. The average molecular weight is 448 g/mol. The van der Waals surface area contributed by atoms with Gasteiger partial charge in [0.2, 0.25) is 0 Å². The quantitative estimate of drug-likeness (QED) is 0.348. The van der Waals surface area contributed by atoms with Crippen LogP contribution in [0.2, 0.25) is 20.1 Å². The van der Waals surface area contributed by atoms with Gasteiger partial charge in [-0.3, -0.25) is 10.1 Å². The molecule has 4 rings (SSSR count). The molecule has 1 amide bonds. The summed E-state index contributed by atoms with van der Waals surface area (Å²) in [6, 6.07) is 8.83. The van der Waals surface area contributed by atoms with Gasteiger partial charge in [-0.2, -0.15) is 0 Å². The van der Waals surface area contributed by atoms with Crippen LogP contribution in [-0.2, 0) is 0 Å². The molecule has 0 unspecified atom stereocenters. The lowest BCUT2D eigenvalue weighted by Crippen LogP contribution is -2.10. The summed E-state index contributed by atoms with van der Waals surface area (Å²) in [6.07, 6.45) is 0. The lowest BCUT2D eigenvalue weighted by Gasteiger charge is -1.99. The number of anilines is 1. The number of carbonyl (C=O) groups excluding carboxylic acids is 1. The molecule has 0 radical (unpaired) electrons. The zero-order valence-electron chi connectivity index (χ0n) is 12.1. The van der Waals surface area contributed by atoms with Crippen LogP contribution in [0.25, 0.3) is 20.3 Å². The first-order valence-corrected chi connectivity index (χ1v) is 10.0. The molecule has 1 N–H and O–H groups in total. The lowest BCUT2D eigenvalue weighted by molar-refractivity contribution is 0.103. The summed E-state index contributed by atoms with van der Waals surface area (Å²) in [6.45, 7) is 0. The topological polar surface area (TPSA) is 42.0 Å². The number of thiophene rings is 1. The van der Waals surface area contributed by atoms with E-state index in [1.54, 1.807) is 24.3 Å². The predicted molar refractivity (Wildman–Crippen MR) is 109 cm³/mol. The second kappa shape index (κ2) is 6.58. The Morgan fingerprint density at radius 1 is 0.960 bits per heavy atom. The molecule has 126 valence electrons. The van der Waals surface area contributed by atoms with Crippen LogP contribution in [0, 0.1) is 0 Å². The van der Waals surface area contributed by atoms with Gasteiger partial charge in [-0.05, 0) is 24.3 Å². The molecule has 0 aliphatic carbocycles. The summed E-state index contributed by atoms with van der Waals surface area (Å²) in [5, 5.41) is 5.77. The standard InChI is InChI=1S/C16H6Cl4N2OS2/c17-6-1-2-7-10(5-6)24-14(11(7)19)15(23)22-16-21-13-9(25-16)4-3-8(18)12(13)20/h1-5H,(H,21,22,23). The minimum atomic E-state index is -0.330. The first-order valence-electron chi connectivity index (χ1n) is 6.87. The molecule has 0 aliphatic rings. The molecule has 9 heteroatoms. The third-order valence-electron chi connectivity index (χ3n) is 3.47. The summed E-state index contributed by atoms with van der Waals surface area (Å²) in [4.78, 5) is 17.4. The Balaban J connectivity index is 1.70. The lowest BCUT2D eigenvalue weighted by atomic mass is 10.2. The first kappa shape index (κ1) is 17.3. The van der Waals surface area contributed by atoms with Gasteiger partial charge in [-0.25, -0.2) is 4.98 Å². The highest BCUT2D eigenvalue weighted by molar-refractivity contribution is 7.23. The maximum absolute atomic E-state index is 12.6. The Labute approximate surface area is 170 Å². The van der Waals surface area contributed by atoms with Crippen LogP contribution in [0.15, 0.2) is 30.3 Å². The number of aromatic nitrogens is 1. The number of thiazole rings is 1. The number of hydrogen-bond acceptors (Lipinski definition) is 4. The molecular formula is C16H6Cl4N2OS2. The highest BCUT2D eigenvalue weighted by Gasteiger charge is 2.19. The van der Waals surface area contributed by atoms with Crippen LogP contribution in [0.4, 0.5) is 5.13 Å². The van der Waals surface area contributed by atoms with Crippen molar-refractivity contribution in [2.45, 2.75) is 0 Å². The van der Waals surface area contributed by atoms with Crippen molar-refractivity contribution < 1.29 is 4.79 Å². The molecule has 0 spiro atoms. The molecule has 2 aromatic carbocycles. The Hall–Kier alpha value is -1.08. The van der Waals surface area contributed by atoms with Crippen molar-refractivity contribution in [1.29, 1.82) is 0 Å². The van der Waals surface area contributed by atoms with E-state index >= 15 is 0 Å². The van der Waals surface area contributed by atoms with Crippen molar-refractivity contribution in [2.75, 3.05) is 5.32 Å². The van der Waals surface area contributed by atoms with Gasteiger partial charge in [-0.1, -0.05) is 63.8 Å². The van der Waals surface area contributed by atoms with Crippen molar-refractivity contribution in [3.63, 3.8) is 0 Å². The minimum Gasteiger partial charge on any atom is -0.297 e. The van der Waals surface area contributed by atoms with Gasteiger partial charge in [0.1, 0.15) is 10.4 Å². The SMILES string of the molecule is O=C(Nc1nc2c(Cl)c(Cl)ccc2s1)c1sc2cc(Cl)ccc2c1Cl. The summed E-state index contributed by atoms with van der Waals surface area (Å²) in [5.41, 5.74) is 0.559. The van der Waals surface area contributed by atoms with Crippen molar-refractivity contribution in [1.82, 2.24) is 4.98 Å². The van der Waals surface area contributed by atoms with Crippen LogP contribution < -0.4 is 5.32 Å². The second-order valence-electron chi connectivity index (χ2n) is 5.07. The second-order valence-corrected chi connectivity index (χ2v) is 8.75. The first-order chi connectivity index (χ1) is 11.9. The fourth-order valence-corrected chi connectivity index (χ4v) is 5.30. The van der Waals surface area contributed by atoms with Gasteiger partial charge < -0.3 is 0 Å². The highest BCUT2D eigenvalue weighted by atomic mass is 35.5. The summed E-state index contributed by atoms with van der Waals surface area (Å²) in [5.74, 6) is -0.330. The Kier molecular flexibility index (Phi) is 4.56. The number of nitrogens with one attached hydrogen (secondary N) is 1. The van der Waals surface area contributed by atoms with E-state index in [-0.39, 0.29) is 5.91 Å². The zero-order valence-corrected chi connectivity index (χ0v) is 16.7. The van der Waals surface area contributed by atoms with Crippen LogP contribution >= 0.6 is 69.1 Å². The molecule has 0 fully saturated rings. The molecule has 0 aliphatic heterocycles. The summed E-state index contributed by atoms with van der Waals surface area (Å²) in [7, 11) is 0. The van der Waals surface area contributed by atoms with Crippen LogP contribution in [0.5, 0.6) is 0 Å². The molecular weight excluding hydrogens is 442 g/mol. The molecule has 3 nitrogen and oxygen atoms in total. The smallest absolute Gasteiger partial charge is 0.269 e. The minimum absolute atomic E-state index is 0.330. The Bertz CT molecular complexity index is 1150. The van der Waals surface area contributed by atoms with E-state index in [4.69, 9.17) is 46.4 Å². The average Bonchev–Trinajstić information content (AvgIpc) is 3.12. The molecule has 2 heterocycles. The normalized spacial score (nSPS) is 11.4. The number of hydrogen-bond donors (Lipinski definition) is 1. The van der Waals surface area contributed by atoms with Gasteiger partial charge >= 0.3 is 0 Å². The van der Waals surface area contributed by atoms with E-state index in [0.717, 1.165) is 14.8 Å². The monoisotopic (exact) mass is 446 g/mol. The largest absolute Gasteiger partial charge is 0.297 e. The van der Waals surface area contributed by atoms with Crippen molar-refractivity contribution in [3.8, 4) is 0 Å². The summed E-state index contributed by atoms with van der Waals surface area (Å²) < 4.78 is 1.68. The molecule has 4 aromatic rings. The number of rotatable bonds is 2. The maximum atomic E-state index is 12.6. The van der Waals surface area contributed by atoms with E-state index in [0.29, 0.717) is 35.6 Å². The number of benzene rings is 2. The maximum Gasteiger partial charge on any atom is 0.269 e. The number of amides is 1. The third kappa shape index (κ3) is 3.10. The molecule has 2 aromatic heterocycles. The number of nitrogens with zero attached hydrogens (tertiary/aromatic N) is 1. The molecule has 0 saturated heterocycles. The molecule has 0 bridgehead atoms. The van der Waals surface area contributed by atoms with E-state index in [1.165, 1.54) is 22.7 Å².